The molecule has 1 fully saturated rings. The molecule has 2 aromatic rings. The summed E-state index contributed by atoms with van der Waals surface area (Å²) in [6, 6.07) is 12.9. The molecule has 5 atom stereocenters. The van der Waals surface area contributed by atoms with Crippen LogP contribution >= 0.6 is 15.9 Å². The van der Waals surface area contributed by atoms with Crippen molar-refractivity contribution in [2.45, 2.75) is 36.5 Å². The van der Waals surface area contributed by atoms with Gasteiger partial charge in [-0.15, -0.1) is 0 Å². The Bertz CT molecular complexity index is 1020. The average Bonchev–Trinajstić information content (AvgIpc) is 3.07. The van der Waals surface area contributed by atoms with Crippen LogP contribution in [0, 0.1) is 5.92 Å². The monoisotopic (exact) mass is 453 g/mol. The van der Waals surface area contributed by atoms with Gasteiger partial charge >= 0.3 is 0 Å². The molecule has 29 heavy (non-hydrogen) atoms. The molecule has 0 N–H and O–H groups in total. The van der Waals surface area contributed by atoms with E-state index in [2.05, 4.69) is 52.2 Å². The summed E-state index contributed by atoms with van der Waals surface area (Å²) in [4.78, 5) is 2.52. The summed E-state index contributed by atoms with van der Waals surface area (Å²) < 4.78 is 19.9. The molecule has 1 saturated heterocycles. The number of benzene rings is 2. The first-order chi connectivity index (χ1) is 14.1. The molecule has 2 aromatic carbocycles. The van der Waals surface area contributed by atoms with Gasteiger partial charge < -0.3 is 19.1 Å². The molecular formula is C24H24BrNO3. The lowest BCUT2D eigenvalue weighted by atomic mass is 9.52. The molecule has 0 saturated carbocycles. The number of likely N-dealkylation sites (N-methyl/N-ethyl adjacent to an activating group) is 1. The first-order valence-electron chi connectivity index (χ1n) is 10.3. The third-order valence-corrected chi connectivity index (χ3v) is 8.11. The lowest BCUT2D eigenvalue weighted by Gasteiger charge is -2.58. The molecule has 4 nitrogen and oxygen atoms in total. The Morgan fingerprint density at radius 1 is 1.14 bits per heavy atom. The zero-order valence-corrected chi connectivity index (χ0v) is 18.2. The second-order valence-electron chi connectivity index (χ2n) is 8.64. The Kier molecular flexibility index (Phi) is 3.85. The standard InChI is InChI=1S/C24H24BrNO3/c1-26-12-11-24-20-10-9-18(28-17-6-4-3-5-15(17)25)22(24)16(26)13-14-7-8-19(27-2)23(29-20)21(14)24/h3-10,16,18,20,22H,11-13H2,1-2H3/t16-,18?,20+,22-,24-/m1/s1. The highest BCUT2D eigenvalue weighted by Crippen LogP contribution is 2.62. The number of halogens is 1. The zero-order chi connectivity index (χ0) is 19.8. The number of methoxy groups -OCH3 is 1. The fourth-order valence-corrected chi connectivity index (χ4v) is 6.61. The molecule has 2 aliphatic heterocycles. The maximum atomic E-state index is 6.63. The van der Waals surface area contributed by atoms with Crippen LogP contribution in [-0.2, 0) is 11.8 Å². The van der Waals surface area contributed by atoms with E-state index in [1.807, 2.05) is 24.3 Å². The quantitative estimate of drug-likeness (QED) is 0.646. The van der Waals surface area contributed by atoms with Gasteiger partial charge in [-0.25, -0.2) is 0 Å². The summed E-state index contributed by atoms with van der Waals surface area (Å²) in [7, 11) is 3.99. The van der Waals surface area contributed by atoms with Gasteiger partial charge in [-0.2, -0.15) is 0 Å². The molecule has 4 aliphatic rings. The Balaban J connectivity index is 1.52. The summed E-state index contributed by atoms with van der Waals surface area (Å²) in [6.45, 7) is 1.08. The van der Waals surface area contributed by atoms with Gasteiger partial charge in [0.1, 0.15) is 18.0 Å². The maximum absolute atomic E-state index is 6.63. The SMILES string of the molecule is COc1ccc2c3c1O[C@H]1C=CC(Oc4ccccc4Br)[C@H]4[C@@H](C2)N(C)CC[C@]314. The van der Waals surface area contributed by atoms with Gasteiger partial charge in [0.2, 0.25) is 0 Å². The van der Waals surface area contributed by atoms with Gasteiger partial charge in [-0.1, -0.05) is 18.2 Å². The van der Waals surface area contributed by atoms with Crippen LogP contribution in [0.5, 0.6) is 17.2 Å². The molecule has 0 aromatic heterocycles. The van der Waals surface area contributed by atoms with Crippen molar-refractivity contribution >= 4 is 15.9 Å². The fourth-order valence-electron chi connectivity index (χ4n) is 6.23. The van der Waals surface area contributed by atoms with E-state index in [1.165, 1.54) is 11.1 Å². The lowest BCUT2D eigenvalue weighted by Crippen LogP contribution is -2.66. The zero-order valence-electron chi connectivity index (χ0n) is 16.6. The second-order valence-corrected chi connectivity index (χ2v) is 9.49. The highest BCUT2D eigenvalue weighted by molar-refractivity contribution is 9.10. The number of ether oxygens (including phenoxy) is 3. The summed E-state index contributed by atoms with van der Waals surface area (Å²) in [5, 5.41) is 0. The first-order valence-corrected chi connectivity index (χ1v) is 11.1. The lowest BCUT2D eigenvalue weighted by molar-refractivity contribution is -0.0501. The minimum Gasteiger partial charge on any atom is -0.493 e. The molecule has 150 valence electrons. The number of likely N-dealkylation sites (tertiary alicyclic amines) is 1. The van der Waals surface area contributed by atoms with Crippen LogP contribution in [0.1, 0.15) is 17.5 Å². The van der Waals surface area contributed by atoms with E-state index in [1.54, 1.807) is 7.11 Å². The van der Waals surface area contributed by atoms with Crippen LogP contribution in [0.25, 0.3) is 0 Å². The number of nitrogens with zero attached hydrogens (tertiary/aromatic N) is 1. The van der Waals surface area contributed by atoms with E-state index in [9.17, 15) is 0 Å². The van der Waals surface area contributed by atoms with E-state index < -0.39 is 0 Å². The van der Waals surface area contributed by atoms with Crippen LogP contribution in [-0.4, -0.2) is 43.9 Å². The summed E-state index contributed by atoms with van der Waals surface area (Å²) in [6.07, 6.45) is 6.61. The largest absolute Gasteiger partial charge is 0.493 e. The number of piperidine rings is 1. The van der Waals surface area contributed by atoms with Gasteiger partial charge in [0.25, 0.3) is 0 Å². The molecule has 2 aliphatic carbocycles. The van der Waals surface area contributed by atoms with E-state index in [0.717, 1.165) is 41.1 Å². The van der Waals surface area contributed by atoms with Gasteiger partial charge in [0.05, 0.1) is 11.6 Å². The van der Waals surface area contributed by atoms with Crippen molar-refractivity contribution in [3.05, 3.63) is 64.1 Å². The van der Waals surface area contributed by atoms with Gasteiger partial charge in [-0.3, -0.25) is 0 Å². The van der Waals surface area contributed by atoms with Gasteiger partial charge in [-0.05, 0) is 78.3 Å². The van der Waals surface area contributed by atoms with Crippen LogP contribution in [0.2, 0.25) is 0 Å². The van der Waals surface area contributed by atoms with Crippen molar-refractivity contribution in [3.63, 3.8) is 0 Å². The highest BCUT2D eigenvalue weighted by atomic mass is 79.9. The molecule has 0 radical (unpaired) electrons. The highest BCUT2D eigenvalue weighted by Gasteiger charge is 2.65. The summed E-state index contributed by atoms with van der Waals surface area (Å²) >= 11 is 3.65. The normalized spacial score (nSPS) is 33.8. The molecule has 2 heterocycles. The Labute approximate surface area is 179 Å². The van der Waals surface area contributed by atoms with Crippen molar-refractivity contribution in [1.29, 1.82) is 0 Å². The minimum absolute atomic E-state index is 0.00611. The van der Waals surface area contributed by atoms with E-state index in [0.29, 0.717) is 12.0 Å². The van der Waals surface area contributed by atoms with Gasteiger partial charge in [0, 0.05) is 22.9 Å². The summed E-state index contributed by atoms with van der Waals surface area (Å²) in [5.41, 5.74) is 2.74. The van der Waals surface area contributed by atoms with Crippen LogP contribution in [0.4, 0.5) is 0 Å². The van der Waals surface area contributed by atoms with Crippen LogP contribution in [0.3, 0.4) is 0 Å². The van der Waals surface area contributed by atoms with Crippen LogP contribution in [0.15, 0.2) is 53.0 Å². The fraction of sp³-hybridized carbons (Fsp3) is 0.417. The predicted molar refractivity (Wildman–Crippen MR) is 115 cm³/mol. The van der Waals surface area contributed by atoms with Crippen molar-refractivity contribution in [1.82, 2.24) is 4.90 Å². The van der Waals surface area contributed by atoms with E-state index in [-0.39, 0.29) is 17.6 Å². The molecule has 1 spiro atoms. The first kappa shape index (κ1) is 17.8. The van der Waals surface area contributed by atoms with Crippen molar-refractivity contribution in [3.8, 4) is 17.2 Å². The summed E-state index contributed by atoms with van der Waals surface area (Å²) in [5.74, 6) is 3.03. The smallest absolute Gasteiger partial charge is 0.166 e. The van der Waals surface area contributed by atoms with Crippen molar-refractivity contribution in [2.75, 3.05) is 20.7 Å². The van der Waals surface area contributed by atoms with Crippen molar-refractivity contribution < 1.29 is 14.2 Å². The number of rotatable bonds is 3. The molecular weight excluding hydrogens is 430 g/mol. The van der Waals surface area contributed by atoms with E-state index >= 15 is 0 Å². The van der Waals surface area contributed by atoms with Gasteiger partial charge in [0.15, 0.2) is 11.5 Å². The maximum Gasteiger partial charge on any atom is 0.166 e. The van der Waals surface area contributed by atoms with Crippen LogP contribution < -0.4 is 14.2 Å². The van der Waals surface area contributed by atoms with E-state index in [4.69, 9.17) is 14.2 Å². The van der Waals surface area contributed by atoms with Crippen molar-refractivity contribution in [2.24, 2.45) is 5.92 Å². The minimum atomic E-state index is -0.0463. The molecule has 1 unspecified atom stereocenters. The predicted octanol–water partition coefficient (Wildman–Crippen LogP) is 4.35. The molecule has 0 amide bonds. The topological polar surface area (TPSA) is 30.9 Å². The molecule has 5 heteroatoms. The molecule has 2 bridgehead atoms. The number of hydrogen-bond acceptors (Lipinski definition) is 4. The number of hydrogen-bond donors (Lipinski definition) is 0. The third kappa shape index (κ3) is 2.29. The Morgan fingerprint density at radius 3 is 2.83 bits per heavy atom. The average molecular weight is 454 g/mol. The Hall–Kier alpha value is -1.98. The Morgan fingerprint density at radius 2 is 2.00 bits per heavy atom. The molecule has 6 rings (SSSR count). The third-order valence-electron chi connectivity index (χ3n) is 7.46. The second kappa shape index (κ2) is 6.26. The number of para-hydroxylation sites is 1.